The number of rotatable bonds is 6. The van der Waals surface area contributed by atoms with Gasteiger partial charge in [0.25, 0.3) is 5.89 Å². The third-order valence-electron chi connectivity index (χ3n) is 2.70. The number of hydrogen-bond donors (Lipinski definition) is 1. The minimum absolute atomic E-state index is 0.131. The van der Waals surface area contributed by atoms with Crippen LogP contribution in [-0.4, -0.2) is 22.3 Å². The second-order valence-electron chi connectivity index (χ2n) is 5.19. The molecule has 0 bridgehead atoms. The number of amides is 1. The highest BCUT2D eigenvalue weighted by atomic mass is 16.6. The van der Waals surface area contributed by atoms with Crippen LogP contribution in [0.3, 0.4) is 0 Å². The van der Waals surface area contributed by atoms with Crippen LogP contribution in [0.2, 0.25) is 0 Å². The number of alkyl carbamates (subject to hydrolysis) is 1. The normalized spacial score (nSPS) is 12.4. The van der Waals surface area contributed by atoms with Gasteiger partial charge in [-0.15, -0.1) is 0 Å². The standard InChI is InChI=1S/C14H19N3O4/c1-9(2)7-10(3)20-14(18)15-8-12-16-13(21-17-12)11-5-4-6-19-11/h4-6,9-10H,7-8H2,1-3H3,(H,15,18). The van der Waals surface area contributed by atoms with E-state index in [-0.39, 0.29) is 18.5 Å². The Morgan fingerprint density at radius 2 is 2.24 bits per heavy atom. The van der Waals surface area contributed by atoms with Gasteiger partial charge in [-0.1, -0.05) is 19.0 Å². The quantitative estimate of drug-likeness (QED) is 0.880. The summed E-state index contributed by atoms with van der Waals surface area (Å²) < 4.78 is 15.4. The van der Waals surface area contributed by atoms with Gasteiger partial charge in [-0.05, 0) is 31.4 Å². The Bertz CT molecular complexity index is 563. The third kappa shape index (κ3) is 4.62. The predicted molar refractivity (Wildman–Crippen MR) is 74.2 cm³/mol. The van der Waals surface area contributed by atoms with Crippen LogP contribution in [0.1, 0.15) is 33.0 Å². The Hall–Kier alpha value is -2.31. The van der Waals surface area contributed by atoms with Gasteiger partial charge < -0.3 is 19.0 Å². The van der Waals surface area contributed by atoms with Gasteiger partial charge in [0.15, 0.2) is 11.6 Å². The summed E-state index contributed by atoms with van der Waals surface area (Å²) in [7, 11) is 0. The molecule has 2 aromatic rings. The number of hydrogen-bond acceptors (Lipinski definition) is 6. The summed E-state index contributed by atoms with van der Waals surface area (Å²) in [5.41, 5.74) is 0. The molecule has 1 N–H and O–H groups in total. The fourth-order valence-corrected chi connectivity index (χ4v) is 1.91. The second kappa shape index (κ2) is 6.92. The zero-order valence-corrected chi connectivity index (χ0v) is 12.3. The van der Waals surface area contributed by atoms with Gasteiger partial charge in [0.05, 0.1) is 12.8 Å². The van der Waals surface area contributed by atoms with E-state index in [1.54, 1.807) is 12.1 Å². The first-order valence-electron chi connectivity index (χ1n) is 6.85. The smallest absolute Gasteiger partial charge is 0.407 e. The van der Waals surface area contributed by atoms with Crippen LogP contribution in [0.4, 0.5) is 4.79 Å². The first kappa shape index (κ1) is 15.1. The van der Waals surface area contributed by atoms with E-state index in [9.17, 15) is 4.79 Å². The van der Waals surface area contributed by atoms with E-state index in [0.29, 0.717) is 17.5 Å². The van der Waals surface area contributed by atoms with Crippen LogP contribution < -0.4 is 5.32 Å². The lowest BCUT2D eigenvalue weighted by Gasteiger charge is -2.15. The molecule has 0 aliphatic rings. The Labute approximate surface area is 122 Å². The monoisotopic (exact) mass is 293 g/mol. The molecule has 7 nitrogen and oxygen atoms in total. The van der Waals surface area contributed by atoms with E-state index in [0.717, 1.165) is 6.42 Å². The lowest BCUT2D eigenvalue weighted by Crippen LogP contribution is -2.28. The predicted octanol–water partition coefficient (Wildman–Crippen LogP) is 2.99. The molecular formula is C14H19N3O4. The lowest BCUT2D eigenvalue weighted by molar-refractivity contribution is 0.0947. The molecule has 1 unspecified atom stereocenters. The van der Waals surface area contributed by atoms with E-state index in [1.165, 1.54) is 6.26 Å². The number of carbonyl (C=O) groups excluding carboxylic acids is 1. The van der Waals surface area contributed by atoms with E-state index in [1.807, 2.05) is 6.92 Å². The van der Waals surface area contributed by atoms with Gasteiger partial charge in [-0.2, -0.15) is 4.98 Å². The molecule has 21 heavy (non-hydrogen) atoms. The van der Waals surface area contributed by atoms with Gasteiger partial charge in [0.1, 0.15) is 6.10 Å². The van der Waals surface area contributed by atoms with E-state index in [4.69, 9.17) is 13.7 Å². The number of carbonyl (C=O) groups is 1. The molecule has 0 saturated carbocycles. The average molecular weight is 293 g/mol. The summed E-state index contributed by atoms with van der Waals surface area (Å²) in [4.78, 5) is 15.7. The maximum absolute atomic E-state index is 11.6. The number of ether oxygens (including phenoxy) is 1. The van der Waals surface area contributed by atoms with Crippen molar-refractivity contribution in [3.8, 4) is 11.7 Å². The van der Waals surface area contributed by atoms with Crippen molar-refractivity contribution in [3.63, 3.8) is 0 Å². The van der Waals surface area contributed by atoms with Crippen molar-refractivity contribution in [2.45, 2.75) is 39.8 Å². The SMILES string of the molecule is CC(C)CC(C)OC(=O)NCc1noc(-c2ccco2)n1. The Morgan fingerprint density at radius 1 is 1.43 bits per heavy atom. The van der Waals surface area contributed by atoms with Gasteiger partial charge in [-0.3, -0.25) is 0 Å². The van der Waals surface area contributed by atoms with Crippen molar-refractivity contribution in [2.24, 2.45) is 5.92 Å². The van der Waals surface area contributed by atoms with Crippen LogP contribution in [0.15, 0.2) is 27.3 Å². The van der Waals surface area contributed by atoms with Gasteiger partial charge in [0, 0.05) is 0 Å². The van der Waals surface area contributed by atoms with E-state index in [2.05, 4.69) is 29.3 Å². The molecule has 1 amide bonds. The summed E-state index contributed by atoms with van der Waals surface area (Å²) in [6.45, 7) is 6.15. The molecule has 7 heteroatoms. The molecule has 0 saturated heterocycles. The third-order valence-corrected chi connectivity index (χ3v) is 2.70. The van der Waals surface area contributed by atoms with Crippen molar-refractivity contribution in [1.82, 2.24) is 15.5 Å². The molecule has 0 radical (unpaired) electrons. The highest BCUT2D eigenvalue weighted by Crippen LogP contribution is 2.16. The highest BCUT2D eigenvalue weighted by molar-refractivity contribution is 5.67. The molecule has 114 valence electrons. The zero-order valence-electron chi connectivity index (χ0n) is 12.3. The topological polar surface area (TPSA) is 90.4 Å². The second-order valence-corrected chi connectivity index (χ2v) is 5.19. The fourth-order valence-electron chi connectivity index (χ4n) is 1.91. The molecule has 2 rings (SSSR count). The van der Waals surface area contributed by atoms with Crippen molar-refractivity contribution < 1.29 is 18.5 Å². The van der Waals surface area contributed by atoms with Crippen LogP contribution in [0.5, 0.6) is 0 Å². The Morgan fingerprint density at radius 3 is 2.90 bits per heavy atom. The van der Waals surface area contributed by atoms with Crippen molar-refractivity contribution in [2.75, 3.05) is 0 Å². The number of furan rings is 1. The van der Waals surface area contributed by atoms with Crippen molar-refractivity contribution >= 4 is 6.09 Å². The number of aromatic nitrogens is 2. The van der Waals surface area contributed by atoms with Crippen LogP contribution in [0, 0.1) is 5.92 Å². The lowest BCUT2D eigenvalue weighted by atomic mass is 10.1. The first-order valence-corrected chi connectivity index (χ1v) is 6.85. The van der Waals surface area contributed by atoms with Crippen LogP contribution in [0.25, 0.3) is 11.7 Å². The Balaban J connectivity index is 1.79. The van der Waals surface area contributed by atoms with Crippen LogP contribution in [-0.2, 0) is 11.3 Å². The molecule has 0 aromatic carbocycles. The maximum atomic E-state index is 11.6. The molecular weight excluding hydrogens is 274 g/mol. The molecule has 0 aliphatic heterocycles. The highest BCUT2D eigenvalue weighted by Gasteiger charge is 2.14. The fraction of sp³-hybridized carbons (Fsp3) is 0.500. The molecule has 1 atom stereocenters. The molecule has 0 spiro atoms. The van der Waals surface area contributed by atoms with Crippen LogP contribution >= 0.6 is 0 Å². The van der Waals surface area contributed by atoms with Gasteiger partial charge in [-0.25, -0.2) is 4.79 Å². The molecule has 0 fully saturated rings. The summed E-state index contributed by atoms with van der Waals surface area (Å²) in [5, 5.41) is 6.34. The minimum Gasteiger partial charge on any atom is -0.459 e. The average Bonchev–Trinajstić information content (AvgIpc) is 3.06. The number of nitrogens with zero attached hydrogens (tertiary/aromatic N) is 2. The number of nitrogens with one attached hydrogen (secondary N) is 1. The largest absolute Gasteiger partial charge is 0.459 e. The maximum Gasteiger partial charge on any atom is 0.407 e. The molecule has 2 heterocycles. The zero-order chi connectivity index (χ0) is 15.2. The summed E-state index contributed by atoms with van der Waals surface area (Å²) >= 11 is 0. The van der Waals surface area contributed by atoms with Gasteiger partial charge in [0.2, 0.25) is 0 Å². The summed E-state index contributed by atoms with van der Waals surface area (Å²) in [5.74, 6) is 1.59. The minimum atomic E-state index is -0.493. The van der Waals surface area contributed by atoms with E-state index < -0.39 is 6.09 Å². The molecule has 0 aliphatic carbocycles. The summed E-state index contributed by atoms with van der Waals surface area (Å²) in [6, 6.07) is 3.44. The summed E-state index contributed by atoms with van der Waals surface area (Å²) in [6.07, 6.45) is 1.71. The van der Waals surface area contributed by atoms with Crippen molar-refractivity contribution in [3.05, 3.63) is 24.2 Å². The van der Waals surface area contributed by atoms with Crippen molar-refractivity contribution in [1.29, 1.82) is 0 Å². The van der Waals surface area contributed by atoms with E-state index >= 15 is 0 Å². The Kier molecular flexibility index (Phi) is 4.97. The first-order chi connectivity index (χ1) is 10.0. The van der Waals surface area contributed by atoms with Gasteiger partial charge >= 0.3 is 6.09 Å². The molecule has 2 aromatic heterocycles.